The van der Waals surface area contributed by atoms with E-state index in [1.165, 1.54) is 18.6 Å². The molecule has 0 radical (unpaired) electrons. The van der Waals surface area contributed by atoms with Crippen molar-refractivity contribution in [1.82, 2.24) is 10.6 Å². The van der Waals surface area contributed by atoms with Crippen molar-refractivity contribution in [3.8, 4) is 0 Å². The molecule has 1 amide bonds. The molecular formula is C11H21ClN2OS. The number of hydrogen-bond acceptors (Lipinski definition) is 3. The van der Waals surface area contributed by atoms with Crippen LogP contribution in [-0.2, 0) is 4.79 Å². The standard InChI is InChI=1S/C11H20N2OS.ClH/c14-11(9-3-1-5-12-7-9)13-8-10-4-2-6-15-10;/h9-10,12H,1-8H2,(H,13,14);1H. The Balaban J connectivity index is 0.00000128. The molecule has 5 heteroatoms. The molecule has 0 spiro atoms. The zero-order valence-electron chi connectivity index (χ0n) is 9.54. The number of rotatable bonds is 3. The summed E-state index contributed by atoms with van der Waals surface area (Å²) >= 11 is 2.00. The third-order valence-corrected chi connectivity index (χ3v) is 4.59. The molecule has 0 aromatic heterocycles. The van der Waals surface area contributed by atoms with Gasteiger partial charge in [-0.25, -0.2) is 0 Å². The van der Waals surface area contributed by atoms with Gasteiger partial charge in [-0.05, 0) is 38.0 Å². The Morgan fingerprint density at radius 1 is 1.38 bits per heavy atom. The zero-order chi connectivity index (χ0) is 10.5. The van der Waals surface area contributed by atoms with E-state index in [1.807, 2.05) is 11.8 Å². The van der Waals surface area contributed by atoms with Crippen LogP contribution in [-0.4, -0.2) is 36.5 Å². The molecule has 2 aliphatic heterocycles. The largest absolute Gasteiger partial charge is 0.355 e. The van der Waals surface area contributed by atoms with E-state index in [2.05, 4.69) is 10.6 Å². The Bertz CT molecular complexity index is 216. The first kappa shape index (κ1) is 14.1. The van der Waals surface area contributed by atoms with Gasteiger partial charge >= 0.3 is 0 Å². The van der Waals surface area contributed by atoms with Crippen molar-refractivity contribution in [2.75, 3.05) is 25.4 Å². The van der Waals surface area contributed by atoms with Gasteiger partial charge in [0.1, 0.15) is 0 Å². The second-order valence-corrected chi connectivity index (χ2v) is 5.83. The molecule has 0 bridgehead atoms. The predicted molar refractivity (Wildman–Crippen MR) is 71.3 cm³/mol. The topological polar surface area (TPSA) is 41.1 Å². The average Bonchev–Trinajstić information content (AvgIpc) is 2.80. The lowest BCUT2D eigenvalue weighted by Crippen LogP contribution is -2.42. The predicted octanol–water partition coefficient (Wildman–Crippen LogP) is 1.42. The van der Waals surface area contributed by atoms with Gasteiger partial charge in [0.25, 0.3) is 0 Å². The first-order valence-corrected chi connectivity index (χ1v) is 7.01. The second-order valence-electron chi connectivity index (χ2n) is 4.42. The Morgan fingerprint density at radius 2 is 2.25 bits per heavy atom. The van der Waals surface area contributed by atoms with E-state index in [-0.39, 0.29) is 24.2 Å². The van der Waals surface area contributed by atoms with Crippen LogP contribution in [0.1, 0.15) is 25.7 Å². The molecule has 2 saturated heterocycles. The van der Waals surface area contributed by atoms with Gasteiger partial charge in [0.15, 0.2) is 0 Å². The highest BCUT2D eigenvalue weighted by molar-refractivity contribution is 8.00. The Kier molecular flexibility index (Phi) is 6.54. The molecule has 0 aromatic carbocycles. The minimum absolute atomic E-state index is 0. The molecule has 0 aliphatic carbocycles. The maximum atomic E-state index is 11.8. The normalized spacial score (nSPS) is 29.5. The van der Waals surface area contributed by atoms with Gasteiger partial charge in [0.2, 0.25) is 5.91 Å². The SMILES string of the molecule is Cl.O=C(NCC1CCCS1)C1CCCNC1. The molecule has 2 heterocycles. The van der Waals surface area contributed by atoms with Crippen molar-refractivity contribution in [2.24, 2.45) is 5.92 Å². The van der Waals surface area contributed by atoms with E-state index in [1.54, 1.807) is 0 Å². The zero-order valence-corrected chi connectivity index (χ0v) is 11.2. The number of halogens is 1. The summed E-state index contributed by atoms with van der Waals surface area (Å²) in [6.07, 6.45) is 4.77. The van der Waals surface area contributed by atoms with Crippen LogP contribution in [0.5, 0.6) is 0 Å². The van der Waals surface area contributed by atoms with Gasteiger partial charge in [-0.3, -0.25) is 4.79 Å². The van der Waals surface area contributed by atoms with Gasteiger partial charge < -0.3 is 10.6 Å². The van der Waals surface area contributed by atoms with E-state index in [0.717, 1.165) is 32.5 Å². The van der Waals surface area contributed by atoms with E-state index >= 15 is 0 Å². The van der Waals surface area contributed by atoms with Gasteiger partial charge in [-0.15, -0.1) is 12.4 Å². The summed E-state index contributed by atoms with van der Waals surface area (Å²) < 4.78 is 0. The third-order valence-electron chi connectivity index (χ3n) is 3.20. The van der Waals surface area contributed by atoms with E-state index in [0.29, 0.717) is 5.25 Å². The molecule has 0 aromatic rings. The molecule has 3 nitrogen and oxygen atoms in total. The minimum atomic E-state index is 0. The molecule has 0 saturated carbocycles. The number of nitrogens with one attached hydrogen (secondary N) is 2. The molecule has 2 rings (SSSR count). The fourth-order valence-electron chi connectivity index (χ4n) is 2.24. The number of carbonyl (C=O) groups is 1. The fraction of sp³-hybridized carbons (Fsp3) is 0.909. The van der Waals surface area contributed by atoms with Crippen LogP contribution in [0, 0.1) is 5.92 Å². The van der Waals surface area contributed by atoms with Crippen LogP contribution in [0.15, 0.2) is 0 Å². The molecule has 2 atom stereocenters. The monoisotopic (exact) mass is 264 g/mol. The Morgan fingerprint density at radius 3 is 2.88 bits per heavy atom. The summed E-state index contributed by atoms with van der Waals surface area (Å²) in [6, 6.07) is 0. The van der Waals surface area contributed by atoms with Gasteiger partial charge in [0, 0.05) is 18.3 Å². The van der Waals surface area contributed by atoms with Crippen LogP contribution in [0.3, 0.4) is 0 Å². The van der Waals surface area contributed by atoms with Crippen molar-refractivity contribution in [3.63, 3.8) is 0 Å². The molecule has 2 unspecified atom stereocenters. The van der Waals surface area contributed by atoms with Crippen molar-refractivity contribution >= 4 is 30.1 Å². The summed E-state index contributed by atoms with van der Waals surface area (Å²) in [5.74, 6) is 1.74. The number of carbonyl (C=O) groups excluding carboxylic acids is 1. The van der Waals surface area contributed by atoms with Crippen molar-refractivity contribution in [1.29, 1.82) is 0 Å². The molecule has 2 N–H and O–H groups in total. The summed E-state index contributed by atoms with van der Waals surface area (Å²) in [7, 11) is 0. The van der Waals surface area contributed by atoms with Crippen LogP contribution in [0.4, 0.5) is 0 Å². The second kappa shape index (κ2) is 7.41. The average molecular weight is 265 g/mol. The van der Waals surface area contributed by atoms with E-state index < -0.39 is 0 Å². The molecule has 16 heavy (non-hydrogen) atoms. The Labute approximate surface area is 108 Å². The van der Waals surface area contributed by atoms with E-state index in [4.69, 9.17) is 0 Å². The summed E-state index contributed by atoms with van der Waals surface area (Å²) in [4.78, 5) is 11.8. The quantitative estimate of drug-likeness (QED) is 0.810. The van der Waals surface area contributed by atoms with Crippen LogP contribution in [0.25, 0.3) is 0 Å². The van der Waals surface area contributed by atoms with E-state index in [9.17, 15) is 4.79 Å². The third kappa shape index (κ3) is 4.15. The highest BCUT2D eigenvalue weighted by atomic mass is 35.5. The number of piperidine rings is 1. The smallest absolute Gasteiger partial charge is 0.224 e. The van der Waals surface area contributed by atoms with Crippen molar-refractivity contribution in [2.45, 2.75) is 30.9 Å². The highest BCUT2D eigenvalue weighted by Gasteiger charge is 2.22. The first-order chi connectivity index (χ1) is 7.36. The number of hydrogen-bond donors (Lipinski definition) is 2. The molecule has 2 aliphatic rings. The molecule has 2 fully saturated rings. The lowest BCUT2D eigenvalue weighted by atomic mass is 9.99. The fourth-order valence-corrected chi connectivity index (χ4v) is 3.44. The van der Waals surface area contributed by atoms with Gasteiger partial charge in [0.05, 0.1) is 5.92 Å². The first-order valence-electron chi connectivity index (χ1n) is 5.96. The minimum Gasteiger partial charge on any atom is -0.355 e. The van der Waals surface area contributed by atoms with Gasteiger partial charge in [-0.2, -0.15) is 11.8 Å². The van der Waals surface area contributed by atoms with Crippen molar-refractivity contribution < 1.29 is 4.79 Å². The highest BCUT2D eigenvalue weighted by Crippen LogP contribution is 2.25. The van der Waals surface area contributed by atoms with Crippen molar-refractivity contribution in [3.05, 3.63) is 0 Å². The maximum absolute atomic E-state index is 11.8. The number of amides is 1. The lowest BCUT2D eigenvalue weighted by molar-refractivity contribution is -0.125. The lowest BCUT2D eigenvalue weighted by Gasteiger charge is -2.22. The Hall–Kier alpha value is 0.0700. The van der Waals surface area contributed by atoms with Crippen LogP contribution < -0.4 is 10.6 Å². The molecule has 94 valence electrons. The van der Waals surface area contributed by atoms with Crippen LogP contribution >= 0.6 is 24.2 Å². The maximum Gasteiger partial charge on any atom is 0.224 e. The summed E-state index contributed by atoms with van der Waals surface area (Å²) in [5, 5.41) is 7.04. The summed E-state index contributed by atoms with van der Waals surface area (Å²) in [5.41, 5.74) is 0. The molecular weight excluding hydrogens is 244 g/mol. The van der Waals surface area contributed by atoms with Crippen LogP contribution in [0.2, 0.25) is 0 Å². The summed E-state index contributed by atoms with van der Waals surface area (Å²) in [6.45, 7) is 2.81. The van der Waals surface area contributed by atoms with Gasteiger partial charge in [-0.1, -0.05) is 0 Å². The number of thioether (sulfide) groups is 1.